The van der Waals surface area contributed by atoms with Crippen LogP contribution in [0.3, 0.4) is 0 Å². The van der Waals surface area contributed by atoms with Gasteiger partial charge in [-0.05, 0) is 162 Å². The van der Waals surface area contributed by atoms with Crippen LogP contribution in [0.4, 0.5) is 4.79 Å². The molecule has 66 heavy (non-hydrogen) atoms. The van der Waals surface area contributed by atoms with E-state index in [1.54, 1.807) is 0 Å². The van der Waals surface area contributed by atoms with Crippen molar-refractivity contribution in [1.82, 2.24) is 4.90 Å². The van der Waals surface area contributed by atoms with Gasteiger partial charge in [0, 0.05) is 26.1 Å². The Morgan fingerprint density at radius 1 is 0.530 bits per heavy atom. The number of hydrogen-bond donors (Lipinski definition) is 0. The second-order valence-corrected chi connectivity index (χ2v) is 19.4. The number of esters is 2. The Bertz CT molecular complexity index is 1280. The number of carbonyl (C=O) groups is 3. The summed E-state index contributed by atoms with van der Waals surface area (Å²) in [5.41, 5.74) is 2.67. The van der Waals surface area contributed by atoms with Crippen molar-refractivity contribution in [3.8, 4) is 0 Å². The summed E-state index contributed by atoms with van der Waals surface area (Å²) in [6, 6.07) is 0. The highest BCUT2D eigenvalue weighted by Gasteiger charge is 2.20. The molecule has 1 rings (SSSR count). The molecule has 0 aliphatic carbocycles. The van der Waals surface area contributed by atoms with Crippen LogP contribution in [-0.2, 0) is 38.0 Å². The Hall–Kier alpha value is -2.95. The molecule has 0 aromatic carbocycles. The third kappa shape index (κ3) is 40.1. The van der Waals surface area contributed by atoms with Crippen LogP contribution in [0.25, 0.3) is 0 Å². The van der Waals surface area contributed by atoms with Crippen molar-refractivity contribution < 1.29 is 42.8 Å². The van der Waals surface area contributed by atoms with Gasteiger partial charge in [-0.3, -0.25) is 9.59 Å². The van der Waals surface area contributed by atoms with Crippen molar-refractivity contribution in [2.24, 2.45) is 17.8 Å². The van der Waals surface area contributed by atoms with Gasteiger partial charge in [0.05, 0.1) is 18.9 Å². The molecular weight excluding hydrogens is 831 g/mol. The maximum absolute atomic E-state index is 13.1. The molecule has 10 heteroatoms. The summed E-state index contributed by atoms with van der Waals surface area (Å²) in [4.78, 5) is 40.9. The molecule has 0 radical (unpaired) electrons. The number of hydrogen-bond acceptors (Lipinski definition) is 10. The maximum Gasteiger partial charge on any atom is 0.508 e. The second-order valence-electron chi connectivity index (χ2n) is 19.4. The Morgan fingerprint density at radius 3 is 1.67 bits per heavy atom. The first-order valence-electron chi connectivity index (χ1n) is 26.6. The number of nitrogens with zero attached hydrogens (tertiary/aromatic N) is 1. The predicted octanol–water partition coefficient (Wildman–Crippen LogP) is 14.6. The quantitative estimate of drug-likeness (QED) is 0.0193. The first kappa shape index (κ1) is 61.1. The number of piperidine rings is 1. The van der Waals surface area contributed by atoms with Gasteiger partial charge in [0.15, 0.2) is 6.29 Å². The number of carbonyl (C=O) groups excluding carboxylic acids is 3. The summed E-state index contributed by atoms with van der Waals surface area (Å²) in [6.07, 6.45) is 37.0. The zero-order chi connectivity index (χ0) is 48.3. The second kappa shape index (κ2) is 43.3. The largest absolute Gasteiger partial charge is 0.508 e. The molecule has 3 unspecified atom stereocenters. The molecule has 0 N–H and O–H groups in total. The van der Waals surface area contributed by atoms with E-state index < -0.39 is 24.3 Å². The Balaban J connectivity index is 2.63. The van der Waals surface area contributed by atoms with Crippen molar-refractivity contribution in [3.63, 3.8) is 0 Å². The van der Waals surface area contributed by atoms with E-state index in [1.807, 2.05) is 0 Å². The van der Waals surface area contributed by atoms with E-state index in [-0.39, 0.29) is 38.8 Å². The van der Waals surface area contributed by atoms with Crippen molar-refractivity contribution >= 4 is 18.1 Å². The zero-order valence-corrected chi connectivity index (χ0v) is 43.4. The lowest BCUT2D eigenvalue weighted by atomic mass is 10.0. The summed E-state index contributed by atoms with van der Waals surface area (Å²) < 4.78 is 34.6. The van der Waals surface area contributed by atoms with Crippen LogP contribution in [-0.4, -0.2) is 88.6 Å². The van der Waals surface area contributed by atoms with Gasteiger partial charge >= 0.3 is 18.1 Å². The molecular formula is C56H99NO9. The highest BCUT2D eigenvalue weighted by Crippen LogP contribution is 2.18. The van der Waals surface area contributed by atoms with Gasteiger partial charge in [-0.15, -0.1) is 0 Å². The van der Waals surface area contributed by atoms with E-state index in [2.05, 4.69) is 89.8 Å². The average molecular weight is 930 g/mol. The molecule has 0 saturated carbocycles. The van der Waals surface area contributed by atoms with E-state index in [0.717, 1.165) is 116 Å². The molecule has 1 aliphatic rings. The monoisotopic (exact) mass is 930 g/mol. The molecule has 382 valence electrons. The summed E-state index contributed by atoms with van der Waals surface area (Å²) >= 11 is 0. The first-order valence-corrected chi connectivity index (χ1v) is 26.6. The third-order valence-electron chi connectivity index (χ3n) is 12.1. The van der Waals surface area contributed by atoms with Crippen molar-refractivity contribution in [2.75, 3.05) is 59.3 Å². The molecule has 1 heterocycles. The topological polar surface area (TPSA) is 110 Å². The lowest BCUT2D eigenvalue weighted by molar-refractivity contribution is -0.162. The summed E-state index contributed by atoms with van der Waals surface area (Å²) in [6.45, 7) is 19.7. The maximum atomic E-state index is 13.1. The molecule has 0 amide bonds. The fourth-order valence-corrected chi connectivity index (χ4v) is 7.65. The fourth-order valence-electron chi connectivity index (χ4n) is 7.65. The minimum absolute atomic E-state index is 0.0259. The summed E-state index contributed by atoms with van der Waals surface area (Å²) in [5, 5.41) is 0. The van der Waals surface area contributed by atoms with Crippen molar-refractivity contribution in [3.05, 3.63) is 47.6 Å². The van der Waals surface area contributed by atoms with Gasteiger partial charge in [0.25, 0.3) is 0 Å². The van der Waals surface area contributed by atoms with Gasteiger partial charge in [-0.1, -0.05) is 107 Å². The first-order chi connectivity index (χ1) is 32.0. The number of rotatable bonds is 42. The SMILES string of the molecule is CCCCC/C=C\C/C=C\CCCCCCCC(=O)OCC(COC(=O)CCC(OCCC(C)CCC=C(C)C)OCCC(C)CCC=C(C)C)COC(=O)OCCCCN1CCCCC1. The van der Waals surface area contributed by atoms with Gasteiger partial charge < -0.3 is 33.3 Å². The normalized spacial score (nSPS) is 15.0. The number of allylic oxidation sites excluding steroid dienone is 8. The standard InChI is InChI=1S/C56H99NO9/c1-8-9-10-11-12-13-14-15-16-17-18-19-20-21-23-34-53(58)64-45-52(47-66-56(60)63-42-27-26-41-57-39-24-22-25-40-57)46-65-54(59)35-36-55(61-43-37-50(6)32-28-30-48(2)3)62-44-38-51(7)33-29-31-49(4)5/h12-13,15-16,30-31,50-52,55H,8-11,14,17-29,32-47H2,1-7H3/b13-12-,16-15-. The Kier molecular flexibility index (Phi) is 40.1. The molecule has 1 fully saturated rings. The molecule has 0 aromatic heterocycles. The molecule has 1 saturated heterocycles. The highest BCUT2D eigenvalue weighted by molar-refractivity contribution is 5.69. The van der Waals surface area contributed by atoms with Crippen LogP contribution in [0, 0.1) is 17.8 Å². The molecule has 0 spiro atoms. The van der Waals surface area contributed by atoms with E-state index in [4.69, 9.17) is 28.4 Å². The van der Waals surface area contributed by atoms with Crippen LogP contribution in [0.5, 0.6) is 0 Å². The van der Waals surface area contributed by atoms with E-state index in [0.29, 0.717) is 37.9 Å². The number of ether oxygens (including phenoxy) is 6. The Labute approximate surface area is 404 Å². The summed E-state index contributed by atoms with van der Waals surface area (Å²) in [5.74, 6) is -0.218. The Morgan fingerprint density at radius 2 is 1.08 bits per heavy atom. The minimum Gasteiger partial charge on any atom is -0.465 e. The van der Waals surface area contributed by atoms with E-state index in [1.165, 1.54) is 56.1 Å². The van der Waals surface area contributed by atoms with Crippen LogP contribution in [0.1, 0.15) is 209 Å². The van der Waals surface area contributed by atoms with Gasteiger partial charge in [-0.25, -0.2) is 4.79 Å². The molecule has 0 bridgehead atoms. The minimum atomic E-state index is -0.768. The zero-order valence-electron chi connectivity index (χ0n) is 43.4. The molecule has 1 aliphatic heterocycles. The smallest absolute Gasteiger partial charge is 0.465 e. The lowest BCUT2D eigenvalue weighted by Gasteiger charge is -2.26. The van der Waals surface area contributed by atoms with Gasteiger partial charge in [-0.2, -0.15) is 0 Å². The summed E-state index contributed by atoms with van der Waals surface area (Å²) in [7, 11) is 0. The highest BCUT2D eigenvalue weighted by atomic mass is 16.7. The number of likely N-dealkylation sites (tertiary alicyclic amines) is 1. The average Bonchev–Trinajstić information content (AvgIpc) is 3.29. The van der Waals surface area contributed by atoms with Crippen LogP contribution >= 0.6 is 0 Å². The fraction of sp³-hybridized carbons (Fsp3) is 0.804. The van der Waals surface area contributed by atoms with Crippen LogP contribution in [0.2, 0.25) is 0 Å². The molecule has 10 nitrogen and oxygen atoms in total. The molecule has 0 aromatic rings. The van der Waals surface area contributed by atoms with Crippen LogP contribution < -0.4 is 0 Å². The van der Waals surface area contributed by atoms with Crippen molar-refractivity contribution in [2.45, 2.75) is 215 Å². The lowest BCUT2D eigenvalue weighted by Crippen LogP contribution is -2.30. The van der Waals surface area contributed by atoms with Crippen molar-refractivity contribution in [1.29, 1.82) is 0 Å². The van der Waals surface area contributed by atoms with Crippen LogP contribution in [0.15, 0.2) is 47.6 Å². The van der Waals surface area contributed by atoms with Gasteiger partial charge in [0.1, 0.15) is 19.8 Å². The number of unbranched alkanes of at least 4 members (excludes halogenated alkanes) is 9. The third-order valence-corrected chi connectivity index (χ3v) is 12.1. The van der Waals surface area contributed by atoms with Gasteiger partial charge in [0.2, 0.25) is 0 Å². The van der Waals surface area contributed by atoms with E-state index in [9.17, 15) is 14.4 Å². The molecule has 3 atom stereocenters. The predicted molar refractivity (Wildman–Crippen MR) is 271 cm³/mol. The van der Waals surface area contributed by atoms with E-state index >= 15 is 0 Å².